The summed E-state index contributed by atoms with van der Waals surface area (Å²) >= 11 is 3.48. The van der Waals surface area contributed by atoms with E-state index in [0.29, 0.717) is 6.04 Å². The zero-order valence-electron chi connectivity index (χ0n) is 14.7. The van der Waals surface area contributed by atoms with E-state index in [1.165, 1.54) is 10.6 Å². The SMILES string of the molecule is OCC[C@@H]1CN(Cc2cccn2-c2nccs2)CCN1Cc1cccs1. The molecular weight excluding hydrogens is 364 g/mol. The number of aromatic nitrogens is 2. The van der Waals surface area contributed by atoms with Gasteiger partial charge in [-0.2, -0.15) is 0 Å². The van der Waals surface area contributed by atoms with Gasteiger partial charge in [0, 0.05) is 73.7 Å². The van der Waals surface area contributed by atoms with E-state index in [2.05, 4.69) is 55.2 Å². The van der Waals surface area contributed by atoms with Crippen LogP contribution in [0.25, 0.3) is 5.13 Å². The monoisotopic (exact) mass is 388 g/mol. The Balaban J connectivity index is 1.42. The molecule has 5 nitrogen and oxygen atoms in total. The van der Waals surface area contributed by atoms with Gasteiger partial charge in [0.2, 0.25) is 0 Å². The van der Waals surface area contributed by atoms with E-state index in [1.807, 2.05) is 22.9 Å². The highest BCUT2D eigenvalue weighted by molar-refractivity contribution is 7.12. The quantitative estimate of drug-likeness (QED) is 0.676. The Hall–Kier alpha value is -1.51. The van der Waals surface area contributed by atoms with Crippen LogP contribution in [0.1, 0.15) is 17.0 Å². The molecule has 3 aromatic rings. The van der Waals surface area contributed by atoms with E-state index >= 15 is 0 Å². The van der Waals surface area contributed by atoms with E-state index in [1.54, 1.807) is 11.3 Å². The van der Waals surface area contributed by atoms with E-state index in [9.17, 15) is 5.11 Å². The molecule has 3 aromatic heterocycles. The number of hydrogen-bond donors (Lipinski definition) is 1. The van der Waals surface area contributed by atoms with Crippen molar-refractivity contribution in [2.45, 2.75) is 25.6 Å². The highest BCUT2D eigenvalue weighted by atomic mass is 32.1. The Bertz CT molecular complexity index is 784. The number of rotatable bonds is 7. The average Bonchev–Trinajstić information content (AvgIpc) is 3.39. The minimum atomic E-state index is 0.245. The maximum Gasteiger partial charge on any atom is 0.193 e. The number of piperazine rings is 1. The summed E-state index contributed by atoms with van der Waals surface area (Å²) in [5, 5.41) is 14.7. The Morgan fingerprint density at radius 1 is 1.12 bits per heavy atom. The maximum atomic E-state index is 9.52. The molecule has 1 aliphatic rings. The molecule has 0 aliphatic carbocycles. The normalized spacial score (nSPS) is 19.2. The van der Waals surface area contributed by atoms with Gasteiger partial charge in [-0.05, 0) is 30.0 Å². The lowest BCUT2D eigenvalue weighted by atomic mass is 10.1. The second-order valence-electron chi connectivity index (χ2n) is 6.64. The summed E-state index contributed by atoms with van der Waals surface area (Å²) in [5.41, 5.74) is 1.27. The topological polar surface area (TPSA) is 44.5 Å². The van der Waals surface area contributed by atoms with Crippen molar-refractivity contribution < 1.29 is 5.11 Å². The lowest BCUT2D eigenvalue weighted by Crippen LogP contribution is -2.52. The third-order valence-electron chi connectivity index (χ3n) is 4.93. The van der Waals surface area contributed by atoms with Crippen molar-refractivity contribution in [1.82, 2.24) is 19.4 Å². The van der Waals surface area contributed by atoms with Gasteiger partial charge in [-0.25, -0.2) is 4.98 Å². The molecule has 0 spiro atoms. The molecule has 26 heavy (non-hydrogen) atoms. The first kappa shape index (κ1) is 17.9. The van der Waals surface area contributed by atoms with Crippen molar-refractivity contribution in [2.75, 3.05) is 26.2 Å². The predicted octanol–water partition coefficient (Wildman–Crippen LogP) is 3.06. The fourth-order valence-corrected chi connectivity index (χ4v) is 5.02. The summed E-state index contributed by atoms with van der Waals surface area (Å²) < 4.78 is 2.18. The van der Waals surface area contributed by atoms with E-state index in [0.717, 1.165) is 44.3 Å². The molecule has 1 saturated heterocycles. The van der Waals surface area contributed by atoms with E-state index in [4.69, 9.17) is 0 Å². The summed E-state index contributed by atoms with van der Waals surface area (Å²) in [5.74, 6) is 0. The van der Waals surface area contributed by atoms with Gasteiger partial charge in [-0.3, -0.25) is 14.4 Å². The lowest BCUT2D eigenvalue weighted by molar-refractivity contribution is 0.0498. The number of nitrogens with zero attached hydrogens (tertiary/aromatic N) is 4. The van der Waals surface area contributed by atoms with Crippen LogP contribution in [0.3, 0.4) is 0 Å². The molecule has 1 fully saturated rings. The molecule has 0 amide bonds. The van der Waals surface area contributed by atoms with Gasteiger partial charge in [0.15, 0.2) is 5.13 Å². The fourth-order valence-electron chi connectivity index (χ4n) is 3.63. The minimum Gasteiger partial charge on any atom is -0.396 e. The van der Waals surface area contributed by atoms with Crippen LogP contribution in [0, 0.1) is 0 Å². The van der Waals surface area contributed by atoms with Crippen LogP contribution in [-0.2, 0) is 13.1 Å². The predicted molar refractivity (Wildman–Crippen MR) is 107 cm³/mol. The molecule has 1 N–H and O–H groups in total. The summed E-state index contributed by atoms with van der Waals surface area (Å²) in [6.45, 7) is 5.24. The summed E-state index contributed by atoms with van der Waals surface area (Å²) in [6.07, 6.45) is 4.77. The number of thiophene rings is 1. The van der Waals surface area contributed by atoms with Crippen molar-refractivity contribution in [2.24, 2.45) is 0 Å². The van der Waals surface area contributed by atoms with Gasteiger partial charge in [-0.15, -0.1) is 22.7 Å². The first-order valence-electron chi connectivity index (χ1n) is 8.99. The molecule has 4 heterocycles. The minimum absolute atomic E-state index is 0.245. The van der Waals surface area contributed by atoms with Gasteiger partial charge < -0.3 is 5.11 Å². The molecule has 1 aliphatic heterocycles. The van der Waals surface area contributed by atoms with Crippen molar-refractivity contribution in [3.8, 4) is 5.13 Å². The summed E-state index contributed by atoms with van der Waals surface area (Å²) in [6, 6.07) is 8.99. The molecule has 0 radical (unpaired) electrons. The molecule has 7 heteroatoms. The summed E-state index contributed by atoms with van der Waals surface area (Å²) in [7, 11) is 0. The number of aliphatic hydroxyl groups is 1. The Morgan fingerprint density at radius 3 is 2.85 bits per heavy atom. The number of thiazole rings is 1. The second kappa shape index (κ2) is 8.45. The summed E-state index contributed by atoms with van der Waals surface area (Å²) in [4.78, 5) is 10.9. The van der Waals surface area contributed by atoms with Gasteiger partial charge in [0.05, 0.1) is 0 Å². The van der Waals surface area contributed by atoms with Crippen LogP contribution in [0.2, 0.25) is 0 Å². The van der Waals surface area contributed by atoms with Crippen LogP contribution >= 0.6 is 22.7 Å². The fraction of sp³-hybridized carbons (Fsp3) is 0.421. The van der Waals surface area contributed by atoms with Gasteiger partial charge in [0.1, 0.15) is 0 Å². The molecule has 0 saturated carbocycles. The molecule has 138 valence electrons. The van der Waals surface area contributed by atoms with Gasteiger partial charge in [0.25, 0.3) is 0 Å². The Kier molecular flexibility index (Phi) is 5.81. The third kappa shape index (κ3) is 4.07. The standard InChI is InChI=1S/C19H24N4OS2/c24-10-5-16-13-21(8-9-22(16)15-18-4-2-11-25-18)14-17-3-1-7-23(17)19-20-6-12-26-19/h1-4,6-7,11-12,16,24H,5,8-10,13-15H2/t16-/m1/s1. The van der Waals surface area contributed by atoms with Crippen LogP contribution in [0.5, 0.6) is 0 Å². The zero-order chi connectivity index (χ0) is 17.8. The first-order chi connectivity index (χ1) is 12.8. The Morgan fingerprint density at radius 2 is 2.08 bits per heavy atom. The second-order valence-corrected chi connectivity index (χ2v) is 8.54. The molecule has 1 atom stereocenters. The van der Waals surface area contributed by atoms with Gasteiger partial charge in [-0.1, -0.05) is 6.07 Å². The van der Waals surface area contributed by atoms with Gasteiger partial charge >= 0.3 is 0 Å². The molecule has 0 unspecified atom stereocenters. The van der Waals surface area contributed by atoms with Crippen LogP contribution < -0.4 is 0 Å². The van der Waals surface area contributed by atoms with E-state index < -0.39 is 0 Å². The van der Waals surface area contributed by atoms with E-state index in [-0.39, 0.29) is 6.61 Å². The highest BCUT2D eigenvalue weighted by Crippen LogP contribution is 2.22. The Labute approximate surface area is 162 Å². The lowest BCUT2D eigenvalue weighted by Gasteiger charge is -2.41. The number of hydrogen-bond acceptors (Lipinski definition) is 6. The number of aliphatic hydroxyl groups excluding tert-OH is 1. The third-order valence-corrected chi connectivity index (χ3v) is 6.57. The van der Waals surface area contributed by atoms with Crippen molar-refractivity contribution in [1.29, 1.82) is 0 Å². The molecule has 0 aromatic carbocycles. The maximum absolute atomic E-state index is 9.52. The van der Waals surface area contributed by atoms with Crippen LogP contribution in [-0.4, -0.2) is 56.7 Å². The zero-order valence-corrected chi connectivity index (χ0v) is 16.3. The first-order valence-corrected chi connectivity index (χ1v) is 10.7. The highest BCUT2D eigenvalue weighted by Gasteiger charge is 2.27. The largest absolute Gasteiger partial charge is 0.396 e. The molecular formula is C19H24N4OS2. The molecule has 4 rings (SSSR count). The van der Waals surface area contributed by atoms with Crippen molar-refractivity contribution in [3.63, 3.8) is 0 Å². The van der Waals surface area contributed by atoms with Crippen molar-refractivity contribution in [3.05, 3.63) is 58.0 Å². The van der Waals surface area contributed by atoms with Crippen molar-refractivity contribution >= 4 is 22.7 Å². The van der Waals surface area contributed by atoms with Crippen LogP contribution in [0.15, 0.2) is 47.4 Å². The average molecular weight is 389 g/mol. The molecule has 0 bridgehead atoms. The smallest absolute Gasteiger partial charge is 0.193 e. The van der Waals surface area contributed by atoms with Crippen LogP contribution in [0.4, 0.5) is 0 Å².